The number of benzene rings is 3. The maximum absolute atomic E-state index is 11.0. The molecule has 0 saturated carbocycles. The summed E-state index contributed by atoms with van der Waals surface area (Å²) in [6.07, 6.45) is 4.70. The molecule has 33 heavy (non-hydrogen) atoms. The molecular weight excluding hydrogens is 554 g/mol. The Kier molecular flexibility index (Phi) is 6.76. The standard InChI is InChI=1S/C23H15Br2N5O3/c24-18-10-17(22(31)20(25)11-18)13-26-23-28-21(16-6-2-1-3-7-16)14-29(23)27-12-15-5-4-8-19(9-15)30(32)33/h1-14,31H/b26-13+,27-12?. The minimum atomic E-state index is -0.458. The summed E-state index contributed by atoms with van der Waals surface area (Å²) in [6.45, 7) is 0. The summed E-state index contributed by atoms with van der Waals surface area (Å²) in [6, 6.07) is 19.2. The monoisotopic (exact) mass is 567 g/mol. The fourth-order valence-electron chi connectivity index (χ4n) is 2.94. The molecule has 3 aromatic carbocycles. The van der Waals surface area contributed by atoms with Gasteiger partial charge in [-0.15, -0.1) is 0 Å². The van der Waals surface area contributed by atoms with E-state index in [2.05, 4.69) is 46.9 Å². The smallest absolute Gasteiger partial charge is 0.270 e. The second-order valence-electron chi connectivity index (χ2n) is 6.82. The Morgan fingerprint density at radius 2 is 1.82 bits per heavy atom. The summed E-state index contributed by atoms with van der Waals surface area (Å²) < 4.78 is 2.77. The van der Waals surface area contributed by atoms with E-state index in [0.717, 1.165) is 10.0 Å². The van der Waals surface area contributed by atoms with Crippen LogP contribution in [-0.2, 0) is 0 Å². The normalized spacial score (nSPS) is 11.5. The van der Waals surface area contributed by atoms with Crippen molar-refractivity contribution in [2.45, 2.75) is 0 Å². The molecule has 0 aliphatic carbocycles. The highest BCUT2D eigenvalue weighted by Crippen LogP contribution is 2.31. The Bertz CT molecular complexity index is 1380. The number of hydrogen-bond acceptors (Lipinski definition) is 6. The molecular formula is C23H15Br2N5O3. The Morgan fingerprint density at radius 3 is 2.58 bits per heavy atom. The van der Waals surface area contributed by atoms with Crippen molar-refractivity contribution in [1.82, 2.24) is 9.66 Å². The third-order valence-electron chi connectivity index (χ3n) is 4.53. The Labute approximate surface area is 205 Å². The molecule has 0 bridgehead atoms. The molecule has 0 saturated heterocycles. The topological polar surface area (TPSA) is 106 Å². The van der Waals surface area contributed by atoms with Crippen LogP contribution in [0.15, 0.2) is 92.0 Å². The van der Waals surface area contributed by atoms with E-state index in [1.165, 1.54) is 29.2 Å². The van der Waals surface area contributed by atoms with Gasteiger partial charge in [-0.1, -0.05) is 58.4 Å². The highest BCUT2D eigenvalue weighted by molar-refractivity contribution is 9.11. The molecule has 0 aliphatic rings. The summed E-state index contributed by atoms with van der Waals surface area (Å²) in [7, 11) is 0. The molecule has 0 radical (unpaired) electrons. The molecule has 0 fully saturated rings. The minimum absolute atomic E-state index is 0.0245. The Balaban J connectivity index is 1.74. The summed E-state index contributed by atoms with van der Waals surface area (Å²) in [5, 5.41) is 25.7. The molecule has 4 rings (SSSR count). The number of halogens is 2. The highest BCUT2D eigenvalue weighted by atomic mass is 79.9. The van der Waals surface area contributed by atoms with E-state index in [9.17, 15) is 15.2 Å². The van der Waals surface area contributed by atoms with Gasteiger partial charge in [0, 0.05) is 39.5 Å². The molecule has 0 spiro atoms. The SMILES string of the molecule is O=[N+]([O-])c1cccc(C=Nn2cc(-c3ccccc3)nc2/N=C/c2cc(Br)cc(Br)c2O)c1. The quantitative estimate of drug-likeness (QED) is 0.167. The number of nitro groups is 1. The number of non-ortho nitro benzene ring substituents is 1. The average molecular weight is 569 g/mol. The van der Waals surface area contributed by atoms with E-state index in [1.807, 2.05) is 30.3 Å². The van der Waals surface area contributed by atoms with Gasteiger partial charge in [0.2, 0.25) is 0 Å². The van der Waals surface area contributed by atoms with Crippen LogP contribution in [0.5, 0.6) is 5.75 Å². The van der Waals surface area contributed by atoms with Gasteiger partial charge in [0.25, 0.3) is 11.6 Å². The van der Waals surface area contributed by atoms with Gasteiger partial charge >= 0.3 is 0 Å². The van der Waals surface area contributed by atoms with Crippen LogP contribution >= 0.6 is 31.9 Å². The Hall–Kier alpha value is -3.63. The molecule has 0 unspecified atom stereocenters. The van der Waals surface area contributed by atoms with Gasteiger partial charge in [0.15, 0.2) is 0 Å². The lowest BCUT2D eigenvalue weighted by molar-refractivity contribution is -0.384. The summed E-state index contributed by atoms with van der Waals surface area (Å²) in [5.41, 5.74) is 2.55. The fourth-order valence-corrected chi connectivity index (χ4v) is 4.20. The van der Waals surface area contributed by atoms with Gasteiger partial charge < -0.3 is 5.11 Å². The molecule has 0 atom stereocenters. The highest BCUT2D eigenvalue weighted by Gasteiger charge is 2.10. The number of nitro benzene ring substituents is 1. The largest absolute Gasteiger partial charge is 0.506 e. The van der Waals surface area contributed by atoms with E-state index < -0.39 is 4.92 Å². The van der Waals surface area contributed by atoms with Crippen molar-refractivity contribution in [2.24, 2.45) is 10.1 Å². The van der Waals surface area contributed by atoms with E-state index >= 15 is 0 Å². The Morgan fingerprint density at radius 1 is 1.03 bits per heavy atom. The summed E-state index contributed by atoms with van der Waals surface area (Å²) in [5.74, 6) is 0.314. The average Bonchev–Trinajstić information content (AvgIpc) is 3.23. The van der Waals surface area contributed by atoms with Crippen molar-refractivity contribution in [3.05, 3.63) is 103 Å². The van der Waals surface area contributed by atoms with Crippen LogP contribution in [0, 0.1) is 10.1 Å². The van der Waals surface area contributed by atoms with E-state index in [0.29, 0.717) is 21.3 Å². The van der Waals surface area contributed by atoms with Crippen LogP contribution in [0.2, 0.25) is 0 Å². The van der Waals surface area contributed by atoms with Gasteiger partial charge in [0.1, 0.15) is 5.75 Å². The van der Waals surface area contributed by atoms with Crippen LogP contribution < -0.4 is 0 Å². The van der Waals surface area contributed by atoms with Crippen molar-refractivity contribution in [3.8, 4) is 17.0 Å². The zero-order valence-electron chi connectivity index (χ0n) is 16.8. The predicted molar refractivity (Wildman–Crippen MR) is 135 cm³/mol. The number of aromatic nitrogens is 2. The van der Waals surface area contributed by atoms with Gasteiger partial charge in [-0.2, -0.15) is 5.10 Å². The number of aliphatic imine (C=N–C) groups is 1. The fraction of sp³-hybridized carbons (Fsp3) is 0. The van der Waals surface area contributed by atoms with Gasteiger partial charge in [-0.25, -0.2) is 14.7 Å². The first-order valence-corrected chi connectivity index (χ1v) is 11.1. The first-order chi connectivity index (χ1) is 15.9. The van der Waals surface area contributed by atoms with Crippen molar-refractivity contribution in [3.63, 3.8) is 0 Å². The number of imidazole rings is 1. The van der Waals surface area contributed by atoms with Crippen LogP contribution in [0.25, 0.3) is 11.3 Å². The number of rotatable bonds is 6. The number of aromatic hydroxyl groups is 1. The van der Waals surface area contributed by atoms with Crippen molar-refractivity contribution in [2.75, 3.05) is 0 Å². The van der Waals surface area contributed by atoms with Gasteiger partial charge in [0.05, 0.1) is 27.5 Å². The second-order valence-corrected chi connectivity index (χ2v) is 8.59. The number of phenolic OH excluding ortho intramolecular Hbond substituents is 1. The van der Waals surface area contributed by atoms with Crippen LogP contribution in [-0.4, -0.2) is 32.1 Å². The third kappa shape index (κ3) is 5.41. The maximum Gasteiger partial charge on any atom is 0.270 e. The third-order valence-corrected chi connectivity index (χ3v) is 5.59. The minimum Gasteiger partial charge on any atom is -0.506 e. The molecule has 1 aromatic heterocycles. The van der Waals surface area contributed by atoms with Crippen molar-refractivity contribution in [1.29, 1.82) is 0 Å². The van der Waals surface area contributed by atoms with Crippen LogP contribution in [0.3, 0.4) is 0 Å². The summed E-state index contributed by atoms with van der Waals surface area (Å²) in [4.78, 5) is 19.6. The molecule has 10 heteroatoms. The first kappa shape index (κ1) is 22.6. The lowest BCUT2D eigenvalue weighted by Gasteiger charge is -2.02. The van der Waals surface area contributed by atoms with Crippen LogP contribution in [0.4, 0.5) is 11.6 Å². The molecule has 0 amide bonds. The van der Waals surface area contributed by atoms with Crippen molar-refractivity contribution >= 4 is 55.9 Å². The number of nitrogens with zero attached hydrogens (tertiary/aromatic N) is 5. The molecule has 1 N–H and O–H groups in total. The summed E-state index contributed by atoms with van der Waals surface area (Å²) >= 11 is 6.70. The van der Waals surface area contributed by atoms with E-state index in [4.69, 9.17) is 0 Å². The van der Waals surface area contributed by atoms with Gasteiger partial charge in [-0.05, 0) is 28.1 Å². The molecule has 164 valence electrons. The number of phenols is 1. The lowest BCUT2D eigenvalue weighted by Crippen LogP contribution is -1.92. The maximum atomic E-state index is 11.0. The zero-order valence-corrected chi connectivity index (χ0v) is 20.0. The predicted octanol–water partition coefficient (Wildman–Crippen LogP) is 6.32. The van der Waals surface area contributed by atoms with E-state index in [-0.39, 0.29) is 17.4 Å². The van der Waals surface area contributed by atoms with E-state index in [1.54, 1.807) is 30.5 Å². The van der Waals surface area contributed by atoms with Crippen LogP contribution in [0.1, 0.15) is 11.1 Å². The second kappa shape index (κ2) is 9.88. The molecule has 8 nitrogen and oxygen atoms in total. The number of hydrogen-bond donors (Lipinski definition) is 1. The first-order valence-electron chi connectivity index (χ1n) is 9.56. The molecule has 1 heterocycles. The lowest BCUT2D eigenvalue weighted by atomic mass is 10.2. The van der Waals surface area contributed by atoms with Crippen molar-refractivity contribution < 1.29 is 10.0 Å². The molecule has 4 aromatic rings. The zero-order chi connectivity index (χ0) is 23.4. The van der Waals surface area contributed by atoms with Gasteiger partial charge in [-0.3, -0.25) is 10.1 Å². The molecule has 0 aliphatic heterocycles.